The van der Waals surface area contributed by atoms with E-state index >= 15 is 0 Å². The highest BCUT2D eigenvalue weighted by Gasteiger charge is 2.04. The zero-order valence-corrected chi connectivity index (χ0v) is 10.7. The molecule has 0 spiro atoms. The number of nitrogens with zero attached hydrogens (tertiary/aromatic N) is 2. The van der Waals surface area contributed by atoms with E-state index < -0.39 is 0 Å². The molecule has 0 aliphatic rings. The Morgan fingerprint density at radius 1 is 1.44 bits per heavy atom. The third-order valence-electron chi connectivity index (χ3n) is 2.55. The molecule has 2 aromatic rings. The van der Waals surface area contributed by atoms with Crippen molar-refractivity contribution in [2.75, 3.05) is 11.1 Å². The Bertz CT molecular complexity index is 596. The number of anilines is 3. The molecule has 4 nitrogen and oxygen atoms in total. The number of hydrogen-bond donors (Lipinski definition) is 2. The van der Waals surface area contributed by atoms with Crippen molar-refractivity contribution in [3.63, 3.8) is 0 Å². The summed E-state index contributed by atoms with van der Waals surface area (Å²) in [4.78, 5) is 7.84. The molecule has 0 unspecified atom stereocenters. The van der Waals surface area contributed by atoms with Crippen LogP contribution in [0, 0.1) is 6.92 Å². The van der Waals surface area contributed by atoms with Crippen LogP contribution in [-0.2, 0) is 0 Å². The third-order valence-corrected chi connectivity index (χ3v) is 2.73. The number of nitrogen functional groups attached to an aromatic ring is 1. The summed E-state index contributed by atoms with van der Waals surface area (Å²) >= 11 is 5.73. The van der Waals surface area contributed by atoms with Crippen molar-refractivity contribution in [2.24, 2.45) is 0 Å². The van der Waals surface area contributed by atoms with Crippen molar-refractivity contribution in [2.45, 2.75) is 6.92 Å². The standard InChI is InChI=1S/C13H13ClN4/c1-3-9-6-10(5-4-8(9)2)17-12-11(15)7-16-13(14)18-12/h3-7H,1,15H2,2H3,(H,16,17,18). The van der Waals surface area contributed by atoms with E-state index in [0.717, 1.165) is 16.8 Å². The molecule has 0 saturated carbocycles. The maximum absolute atomic E-state index is 5.77. The Hall–Kier alpha value is -2.07. The quantitative estimate of drug-likeness (QED) is 0.830. The summed E-state index contributed by atoms with van der Waals surface area (Å²) in [5.74, 6) is 0.494. The summed E-state index contributed by atoms with van der Waals surface area (Å²) in [6.45, 7) is 5.80. The smallest absolute Gasteiger partial charge is 0.224 e. The number of aryl methyl sites for hydroxylation is 1. The molecule has 0 saturated heterocycles. The highest BCUT2D eigenvalue weighted by Crippen LogP contribution is 2.23. The Morgan fingerprint density at radius 2 is 2.22 bits per heavy atom. The first-order chi connectivity index (χ1) is 8.60. The predicted molar refractivity (Wildman–Crippen MR) is 76.0 cm³/mol. The number of benzene rings is 1. The molecule has 5 heteroatoms. The van der Waals surface area contributed by atoms with Crippen molar-refractivity contribution in [3.05, 3.63) is 47.4 Å². The van der Waals surface area contributed by atoms with Crippen LogP contribution < -0.4 is 11.1 Å². The molecule has 3 N–H and O–H groups in total. The SMILES string of the molecule is C=Cc1cc(Nc2nc(Cl)ncc2N)ccc1C. The summed E-state index contributed by atoms with van der Waals surface area (Å²) in [5.41, 5.74) is 9.30. The Kier molecular flexibility index (Phi) is 3.48. The van der Waals surface area contributed by atoms with Gasteiger partial charge in [-0.25, -0.2) is 4.98 Å². The number of aromatic nitrogens is 2. The van der Waals surface area contributed by atoms with Gasteiger partial charge in [0.2, 0.25) is 5.28 Å². The Morgan fingerprint density at radius 3 is 2.94 bits per heavy atom. The van der Waals surface area contributed by atoms with Crippen molar-refractivity contribution in [3.8, 4) is 0 Å². The van der Waals surface area contributed by atoms with Crippen LogP contribution in [0.2, 0.25) is 5.28 Å². The van der Waals surface area contributed by atoms with Gasteiger partial charge >= 0.3 is 0 Å². The first-order valence-corrected chi connectivity index (χ1v) is 5.76. The first-order valence-electron chi connectivity index (χ1n) is 5.38. The van der Waals surface area contributed by atoms with E-state index in [-0.39, 0.29) is 5.28 Å². The van der Waals surface area contributed by atoms with E-state index in [0.29, 0.717) is 11.5 Å². The van der Waals surface area contributed by atoms with Crippen LogP contribution in [0.4, 0.5) is 17.2 Å². The largest absolute Gasteiger partial charge is 0.394 e. The van der Waals surface area contributed by atoms with E-state index in [1.165, 1.54) is 6.20 Å². The van der Waals surface area contributed by atoms with Crippen molar-refractivity contribution in [1.82, 2.24) is 9.97 Å². The van der Waals surface area contributed by atoms with Gasteiger partial charge in [0.25, 0.3) is 0 Å². The molecule has 0 aliphatic carbocycles. The van der Waals surface area contributed by atoms with Crippen molar-refractivity contribution in [1.29, 1.82) is 0 Å². The van der Waals surface area contributed by atoms with Crippen LogP contribution in [0.1, 0.15) is 11.1 Å². The molecule has 0 bridgehead atoms. The van der Waals surface area contributed by atoms with E-state index in [2.05, 4.69) is 21.9 Å². The highest BCUT2D eigenvalue weighted by atomic mass is 35.5. The van der Waals surface area contributed by atoms with Gasteiger partial charge in [-0.1, -0.05) is 18.7 Å². The molecule has 1 aromatic carbocycles. The van der Waals surface area contributed by atoms with Gasteiger partial charge < -0.3 is 11.1 Å². The lowest BCUT2D eigenvalue weighted by molar-refractivity contribution is 1.17. The minimum atomic E-state index is 0.155. The number of rotatable bonds is 3. The lowest BCUT2D eigenvalue weighted by atomic mass is 10.1. The van der Waals surface area contributed by atoms with Crippen LogP contribution in [0.5, 0.6) is 0 Å². The van der Waals surface area contributed by atoms with Crippen LogP contribution in [-0.4, -0.2) is 9.97 Å². The molecule has 0 fully saturated rings. The zero-order valence-electron chi connectivity index (χ0n) is 9.94. The maximum Gasteiger partial charge on any atom is 0.224 e. The summed E-state index contributed by atoms with van der Waals surface area (Å²) < 4.78 is 0. The summed E-state index contributed by atoms with van der Waals surface area (Å²) in [6, 6.07) is 5.91. The van der Waals surface area contributed by atoms with Gasteiger partial charge in [0.05, 0.1) is 11.9 Å². The fourth-order valence-electron chi connectivity index (χ4n) is 1.54. The minimum absolute atomic E-state index is 0.155. The van der Waals surface area contributed by atoms with Crippen LogP contribution >= 0.6 is 11.6 Å². The van der Waals surface area contributed by atoms with Gasteiger partial charge in [-0.15, -0.1) is 0 Å². The lowest BCUT2D eigenvalue weighted by Crippen LogP contribution is -2.01. The second-order valence-electron chi connectivity index (χ2n) is 3.84. The second kappa shape index (κ2) is 5.06. The minimum Gasteiger partial charge on any atom is -0.394 e. The van der Waals surface area contributed by atoms with Gasteiger partial charge in [-0.05, 0) is 41.8 Å². The molecular formula is C13H13ClN4. The first kappa shape index (κ1) is 12.4. The van der Waals surface area contributed by atoms with Crippen LogP contribution in [0.15, 0.2) is 31.0 Å². The average Bonchev–Trinajstić information content (AvgIpc) is 2.36. The average molecular weight is 261 g/mol. The number of hydrogen-bond acceptors (Lipinski definition) is 4. The molecular weight excluding hydrogens is 248 g/mol. The predicted octanol–water partition coefficient (Wildman–Crippen LogP) is 3.41. The normalized spacial score (nSPS) is 10.1. The monoisotopic (exact) mass is 260 g/mol. The van der Waals surface area contributed by atoms with Gasteiger partial charge in [-0.3, -0.25) is 0 Å². The van der Waals surface area contributed by atoms with Crippen LogP contribution in [0.3, 0.4) is 0 Å². The third kappa shape index (κ3) is 2.60. The van der Waals surface area contributed by atoms with Gasteiger partial charge in [0.1, 0.15) is 0 Å². The van der Waals surface area contributed by atoms with E-state index in [9.17, 15) is 0 Å². The number of nitrogens with one attached hydrogen (secondary N) is 1. The molecule has 0 radical (unpaired) electrons. The lowest BCUT2D eigenvalue weighted by Gasteiger charge is -2.10. The van der Waals surface area contributed by atoms with Gasteiger partial charge in [0.15, 0.2) is 5.82 Å². The topological polar surface area (TPSA) is 63.8 Å². The van der Waals surface area contributed by atoms with Crippen molar-refractivity contribution < 1.29 is 0 Å². The number of halogens is 1. The van der Waals surface area contributed by atoms with Gasteiger partial charge in [-0.2, -0.15) is 4.98 Å². The fourth-order valence-corrected chi connectivity index (χ4v) is 1.68. The fraction of sp³-hybridized carbons (Fsp3) is 0.0769. The Balaban J connectivity index is 2.34. The molecule has 0 amide bonds. The summed E-state index contributed by atoms with van der Waals surface area (Å²) in [6.07, 6.45) is 3.27. The summed E-state index contributed by atoms with van der Waals surface area (Å²) in [7, 11) is 0. The molecule has 0 aliphatic heterocycles. The molecule has 0 atom stereocenters. The van der Waals surface area contributed by atoms with Gasteiger partial charge in [0, 0.05) is 5.69 Å². The number of nitrogens with two attached hydrogens (primary N) is 1. The molecule has 2 rings (SSSR count). The molecule has 1 heterocycles. The van der Waals surface area contributed by atoms with E-state index in [1.54, 1.807) is 6.08 Å². The zero-order chi connectivity index (χ0) is 13.1. The van der Waals surface area contributed by atoms with E-state index in [1.807, 2.05) is 25.1 Å². The summed E-state index contributed by atoms with van der Waals surface area (Å²) in [5, 5.41) is 3.26. The molecule has 1 aromatic heterocycles. The molecule has 92 valence electrons. The second-order valence-corrected chi connectivity index (χ2v) is 4.18. The van der Waals surface area contributed by atoms with Crippen molar-refractivity contribution >= 4 is 34.9 Å². The van der Waals surface area contributed by atoms with E-state index in [4.69, 9.17) is 17.3 Å². The maximum atomic E-state index is 5.77. The Labute approximate surface area is 111 Å². The highest BCUT2D eigenvalue weighted by molar-refractivity contribution is 6.28. The van der Waals surface area contributed by atoms with Crippen LogP contribution in [0.25, 0.3) is 6.08 Å². The molecule has 18 heavy (non-hydrogen) atoms.